The molecule has 0 unspecified atom stereocenters. The Morgan fingerprint density at radius 2 is 2.06 bits per heavy atom. The first-order chi connectivity index (χ1) is 8.69. The molecule has 0 radical (unpaired) electrons. The number of aliphatic hydroxyl groups is 1. The number of nitrogens with zero attached hydrogens (tertiary/aromatic N) is 2. The molecule has 1 aliphatic rings. The van der Waals surface area contributed by atoms with Crippen LogP contribution in [0.25, 0.3) is 0 Å². The van der Waals surface area contributed by atoms with Crippen LogP contribution in [-0.4, -0.2) is 53.1 Å². The van der Waals surface area contributed by atoms with Crippen LogP contribution in [0, 0.1) is 0 Å². The highest BCUT2D eigenvalue weighted by molar-refractivity contribution is 5.78. The fourth-order valence-corrected chi connectivity index (χ4v) is 2.14. The van der Waals surface area contributed by atoms with Crippen molar-refractivity contribution in [2.75, 3.05) is 26.2 Å². The Labute approximate surface area is 108 Å². The minimum absolute atomic E-state index is 0.133. The Morgan fingerprint density at radius 1 is 1.39 bits per heavy atom. The van der Waals surface area contributed by atoms with E-state index >= 15 is 0 Å². The highest BCUT2D eigenvalue weighted by Crippen LogP contribution is 2.09. The third kappa shape index (κ3) is 3.31. The smallest absolute Gasteiger partial charge is 0.237 e. The molecule has 0 spiro atoms. The molecule has 0 saturated carbocycles. The van der Waals surface area contributed by atoms with Crippen molar-refractivity contribution in [3.63, 3.8) is 0 Å². The number of β-amino-alcohol motifs (C(OH)–C–C–N with tert-alkyl or cyclic N) is 1. The topological polar surface area (TPSA) is 43.8 Å². The number of hydrogen-bond acceptors (Lipinski definition) is 3. The van der Waals surface area contributed by atoms with E-state index in [9.17, 15) is 9.90 Å². The Hall–Kier alpha value is -1.39. The number of likely N-dealkylation sites (N-methyl/N-ethyl adjacent to an activating group) is 1. The first-order valence-electron chi connectivity index (χ1n) is 6.41. The average molecular weight is 248 g/mol. The van der Waals surface area contributed by atoms with Crippen LogP contribution in [-0.2, 0) is 11.3 Å². The van der Waals surface area contributed by atoms with Crippen LogP contribution < -0.4 is 0 Å². The fourth-order valence-electron chi connectivity index (χ4n) is 2.14. The van der Waals surface area contributed by atoms with Gasteiger partial charge < -0.3 is 10.0 Å². The summed E-state index contributed by atoms with van der Waals surface area (Å²) < 4.78 is 0. The molecule has 1 fully saturated rings. The summed E-state index contributed by atoms with van der Waals surface area (Å²) >= 11 is 0. The van der Waals surface area contributed by atoms with Crippen LogP contribution in [0.5, 0.6) is 0 Å². The third-order valence-corrected chi connectivity index (χ3v) is 3.25. The van der Waals surface area contributed by atoms with E-state index in [0.29, 0.717) is 32.7 Å². The summed E-state index contributed by atoms with van der Waals surface area (Å²) in [6, 6.07) is 10.0. The summed E-state index contributed by atoms with van der Waals surface area (Å²) in [5, 5.41) is 9.20. The molecule has 0 aromatic heterocycles. The van der Waals surface area contributed by atoms with E-state index in [4.69, 9.17) is 0 Å². The van der Waals surface area contributed by atoms with Crippen molar-refractivity contribution in [2.24, 2.45) is 0 Å². The minimum atomic E-state index is -0.248. The number of amides is 1. The Balaban J connectivity index is 1.86. The number of hydrogen-bond donors (Lipinski definition) is 1. The van der Waals surface area contributed by atoms with E-state index < -0.39 is 0 Å². The molecule has 1 amide bonds. The van der Waals surface area contributed by atoms with Gasteiger partial charge in [0.1, 0.15) is 0 Å². The molecule has 98 valence electrons. The Kier molecular flexibility index (Phi) is 4.33. The Bertz CT molecular complexity index is 388. The van der Waals surface area contributed by atoms with Crippen LogP contribution in [0.1, 0.15) is 12.5 Å². The summed E-state index contributed by atoms with van der Waals surface area (Å²) in [6.45, 7) is 5.02. The zero-order valence-electron chi connectivity index (χ0n) is 10.7. The van der Waals surface area contributed by atoms with Crippen LogP contribution >= 0.6 is 0 Å². The zero-order chi connectivity index (χ0) is 13.0. The molecular formula is C14H20N2O2. The number of rotatable bonds is 5. The van der Waals surface area contributed by atoms with Crippen LogP contribution in [0.15, 0.2) is 30.3 Å². The monoisotopic (exact) mass is 248 g/mol. The van der Waals surface area contributed by atoms with Gasteiger partial charge in [0.15, 0.2) is 0 Å². The molecule has 1 heterocycles. The van der Waals surface area contributed by atoms with Crippen LogP contribution in [0.4, 0.5) is 0 Å². The molecule has 1 aliphatic heterocycles. The second-order valence-electron chi connectivity index (χ2n) is 4.74. The van der Waals surface area contributed by atoms with Gasteiger partial charge in [0.25, 0.3) is 0 Å². The van der Waals surface area contributed by atoms with Gasteiger partial charge in [-0.1, -0.05) is 30.3 Å². The maximum absolute atomic E-state index is 12.1. The Morgan fingerprint density at radius 3 is 2.61 bits per heavy atom. The maximum atomic E-state index is 12.1. The lowest BCUT2D eigenvalue weighted by molar-refractivity contribution is -0.135. The molecule has 1 saturated heterocycles. The fraction of sp³-hybridized carbons (Fsp3) is 0.500. The summed E-state index contributed by atoms with van der Waals surface area (Å²) in [5.41, 5.74) is 1.15. The van der Waals surface area contributed by atoms with E-state index in [1.54, 1.807) is 0 Å². The van der Waals surface area contributed by atoms with Crippen molar-refractivity contribution < 1.29 is 9.90 Å². The zero-order valence-corrected chi connectivity index (χ0v) is 10.7. The molecule has 18 heavy (non-hydrogen) atoms. The lowest BCUT2D eigenvalue weighted by atomic mass is 10.1. The van der Waals surface area contributed by atoms with Crippen molar-refractivity contribution in [3.8, 4) is 0 Å². The lowest BCUT2D eigenvalue weighted by Gasteiger charge is -2.36. The molecule has 1 N–H and O–H groups in total. The second kappa shape index (κ2) is 5.98. The van der Waals surface area contributed by atoms with Gasteiger partial charge >= 0.3 is 0 Å². The van der Waals surface area contributed by atoms with Crippen LogP contribution in [0.2, 0.25) is 0 Å². The predicted octanol–water partition coefficient (Wildman–Crippen LogP) is 0.712. The summed E-state index contributed by atoms with van der Waals surface area (Å²) in [6.07, 6.45) is -0.248. The van der Waals surface area contributed by atoms with Crippen molar-refractivity contribution in [3.05, 3.63) is 35.9 Å². The van der Waals surface area contributed by atoms with Gasteiger partial charge in [-0.25, -0.2) is 0 Å². The summed E-state index contributed by atoms with van der Waals surface area (Å²) in [4.78, 5) is 15.9. The minimum Gasteiger partial charge on any atom is -0.390 e. The highest BCUT2D eigenvalue weighted by Gasteiger charge is 2.27. The van der Waals surface area contributed by atoms with Crippen molar-refractivity contribution in [1.29, 1.82) is 0 Å². The van der Waals surface area contributed by atoms with Crippen LogP contribution in [0.3, 0.4) is 0 Å². The molecular weight excluding hydrogens is 228 g/mol. The van der Waals surface area contributed by atoms with Gasteiger partial charge in [0.05, 0.1) is 12.6 Å². The van der Waals surface area contributed by atoms with Gasteiger partial charge in [-0.05, 0) is 12.5 Å². The quantitative estimate of drug-likeness (QED) is 0.834. The number of likely N-dealkylation sites (tertiary alicyclic amines) is 1. The highest BCUT2D eigenvalue weighted by atomic mass is 16.3. The van der Waals surface area contributed by atoms with E-state index in [0.717, 1.165) is 5.56 Å². The molecule has 2 rings (SSSR count). The molecule has 0 atom stereocenters. The van der Waals surface area contributed by atoms with Gasteiger partial charge in [0.2, 0.25) is 5.91 Å². The molecule has 1 aromatic carbocycles. The molecule has 0 bridgehead atoms. The largest absolute Gasteiger partial charge is 0.390 e. The lowest BCUT2D eigenvalue weighted by Crippen LogP contribution is -2.54. The first-order valence-corrected chi connectivity index (χ1v) is 6.41. The number of benzene rings is 1. The standard InChI is InChI=1S/C14H20N2O2/c1-2-16(8-12-6-4-3-5-7-12)14(18)11-15-9-13(17)10-15/h3-7,13,17H,2,8-11H2,1H3. The number of carbonyl (C=O) groups excluding carboxylic acids is 1. The molecule has 4 heteroatoms. The van der Waals surface area contributed by atoms with Gasteiger partial charge in [-0.15, -0.1) is 0 Å². The summed E-state index contributed by atoms with van der Waals surface area (Å²) in [7, 11) is 0. The molecule has 1 aromatic rings. The number of carbonyl (C=O) groups is 1. The van der Waals surface area contributed by atoms with Crippen molar-refractivity contribution in [1.82, 2.24) is 9.80 Å². The third-order valence-electron chi connectivity index (χ3n) is 3.25. The van der Waals surface area contributed by atoms with E-state index in [1.807, 2.05) is 47.1 Å². The first kappa shape index (κ1) is 13.1. The van der Waals surface area contributed by atoms with E-state index in [-0.39, 0.29) is 12.0 Å². The average Bonchev–Trinajstić information content (AvgIpc) is 2.35. The second-order valence-corrected chi connectivity index (χ2v) is 4.74. The van der Waals surface area contributed by atoms with E-state index in [2.05, 4.69) is 0 Å². The maximum Gasteiger partial charge on any atom is 0.237 e. The van der Waals surface area contributed by atoms with Crippen molar-refractivity contribution in [2.45, 2.75) is 19.6 Å². The van der Waals surface area contributed by atoms with Gasteiger partial charge in [-0.2, -0.15) is 0 Å². The molecule has 4 nitrogen and oxygen atoms in total. The van der Waals surface area contributed by atoms with E-state index in [1.165, 1.54) is 0 Å². The van der Waals surface area contributed by atoms with Gasteiger partial charge in [-0.3, -0.25) is 9.69 Å². The number of aliphatic hydroxyl groups excluding tert-OH is 1. The van der Waals surface area contributed by atoms with Crippen molar-refractivity contribution >= 4 is 5.91 Å². The SMILES string of the molecule is CCN(Cc1ccccc1)C(=O)CN1CC(O)C1. The normalized spacial score (nSPS) is 16.3. The summed E-state index contributed by atoms with van der Waals surface area (Å²) in [5.74, 6) is 0.133. The predicted molar refractivity (Wildman–Crippen MR) is 70.0 cm³/mol. The molecule has 0 aliphatic carbocycles. The van der Waals surface area contributed by atoms with Gasteiger partial charge in [0, 0.05) is 26.2 Å².